The second-order valence-corrected chi connectivity index (χ2v) is 12.2. The molecule has 1 heterocycles. The molecule has 0 amide bonds. The van der Waals surface area contributed by atoms with Gasteiger partial charge >= 0.3 is 5.97 Å². The number of hydrogen-bond acceptors (Lipinski definition) is 3. The number of carbonyl (C=O) groups is 1. The summed E-state index contributed by atoms with van der Waals surface area (Å²) in [4.78, 5) is 10.8. The lowest BCUT2D eigenvalue weighted by atomic mass is 9.78. The minimum atomic E-state index is -4.39. The number of unbranched alkanes of at least 4 members (excludes halogenated alkanes) is 2. The second-order valence-electron chi connectivity index (χ2n) is 10.8. The summed E-state index contributed by atoms with van der Waals surface area (Å²) in [5.74, 6) is -0.757. The molecule has 6 nitrogen and oxygen atoms in total. The van der Waals surface area contributed by atoms with Gasteiger partial charge in [-0.25, -0.2) is 0 Å². The zero-order valence-electron chi connectivity index (χ0n) is 20.8. The van der Waals surface area contributed by atoms with Crippen molar-refractivity contribution < 1.29 is 27.4 Å². The van der Waals surface area contributed by atoms with E-state index in [1.165, 1.54) is 5.71 Å². The van der Waals surface area contributed by atoms with Crippen LogP contribution in [-0.2, 0) is 25.7 Å². The SMILES string of the molecule is CC1=[N+](CCCCCC(=O)O)c2cc3c(cc2C1(C)C)-c1c(cc(C)cc1S(=O)(=O)O)C3(C)C. The van der Waals surface area contributed by atoms with Gasteiger partial charge in [0.15, 0.2) is 5.71 Å². The monoisotopic (exact) mass is 484 g/mol. The molecule has 2 aromatic rings. The van der Waals surface area contributed by atoms with Gasteiger partial charge in [0.25, 0.3) is 10.1 Å². The number of carboxylic acids is 1. The molecule has 0 spiro atoms. The van der Waals surface area contributed by atoms with Crippen molar-refractivity contribution in [3.63, 3.8) is 0 Å². The first-order valence-corrected chi connectivity index (χ1v) is 13.3. The maximum atomic E-state index is 12.4. The molecule has 0 aromatic heterocycles. The number of nitrogens with zero attached hydrogens (tertiary/aromatic N) is 1. The normalized spacial score (nSPS) is 17.5. The van der Waals surface area contributed by atoms with Gasteiger partial charge < -0.3 is 5.11 Å². The average Bonchev–Trinajstić information content (AvgIpc) is 3.05. The van der Waals surface area contributed by atoms with Crippen LogP contribution >= 0.6 is 0 Å². The minimum absolute atomic E-state index is 0.0268. The van der Waals surface area contributed by atoms with E-state index in [1.807, 2.05) is 13.0 Å². The smallest absolute Gasteiger partial charge is 0.303 e. The molecule has 182 valence electrons. The van der Waals surface area contributed by atoms with Crippen molar-refractivity contribution in [3.05, 3.63) is 46.5 Å². The van der Waals surface area contributed by atoms with E-state index in [2.05, 4.69) is 51.3 Å². The van der Waals surface area contributed by atoms with E-state index in [-0.39, 0.29) is 16.7 Å². The predicted molar refractivity (Wildman–Crippen MR) is 133 cm³/mol. The van der Waals surface area contributed by atoms with Crippen LogP contribution in [0.1, 0.15) is 82.6 Å². The Morgan fingerprint density at radius 2 is 1.59 bits per heavy atom. The van der Waals surface area contributed by atoms with Crippen molar-refractivity contribution in [2.24, 2.45) is 0 Å². The van der Waals surface area contributed by atoms with Crippen molar-refractivity contribution >= 4 is 27.5 Å². The van der Waals surface area contributed by atoms with Gasteiger partial charge in [0.2, 0.25) is 5.69 Å². The molecular formula is C27H34NO5S+. The molecule has 7 heteroatoms. The largest absolute Gasteiger partial charge is 0.481 e. The molecule has 0 bridgehead atoms. The fourth-order valence-corrected chi connectivity index (χ4v) is 6.45. The van der Waals surface area contributed by atoms with Crippen LogP contribution in [0.3, 0.4) is 0 Å². The average molecular weight is 485 g/mol. The van der Waals surface area contributed by atoms with E-state index < -0.39 is 21.5 Å². The summed E-state index contributed by atoms with van der Waals surface area (Å²) in [6.07, 6.45) is 2.61. The van der Waals surface area contributed by atoms with Gasteiger partial charge in [-0.2, -0.15) is 13.0 Å². The fourth-order valence-electron chi connectivity index (χ4n) is 5.63. The van der Waals surface area contributed by atoms with Crippen LogP contribution in [0.15, 0.2) is 29.2 Å². The van der Waals surface area contributed by atoms with E-state index in [1.54, 1.807) is 6.07 Å². The van der Waals surface area contributed by atoms with Gasteiger partial charge in [0.05, 0.1) is 5.41 Å². The van der Waals surface area contributed by atoms with Crippen molar-refractivity contribution in [3.8, 4) is 11.1 Å². The molecule has 2 aliphatic rings. The van der Waals surface area contributed by atoms with Crippen molar-refractivity contribution in [1.29, 1.82) is 0 Å². The molecule has 0 saturated heterocycles. The summed E-state index contributed by atoms with van der Waals surface area (Å²) in [7, 11) is -4.39. The van der Waals surface area contributed by atoms with Crippen LogP contribution in [-0.4, -0.2) is 40.9 Å². The van der Waals surface area contributed by atoms with E-state index in [0.717, 1.165) is 52.9 Å². The lowest BCUT2D eigenvalue weighted by Crippen LogP contribution is -2.26. The first-order chi connectivity index (χ1) is 15.7. The third-order valence-corrected chi connectivity index (χ3v) is 8.70. The Hall–Kier alpha value is -2.51. The lowest BCUT2D eigenvalue weighted by Gasteiger charge is -2.22. The van der Waals surface area contributed by atoms with E-state index in [9.17, 15) is 17.8 Å². The third-order valence-electron chi connectivity index (χ3n) is 7.82. The summed E-state index contributed by atoms with van der Waals surface area (Å²) < 4.78 is 37.1. The zero-order chi connectivity index (χ0) is 25.2. The number of aliphatic carboxylic acids is 1. The number of rotatable bonds is 7. The minimum Gasteiger partial charge on any atom is -0.481 e. The number of aryl methyl sites for hydroxylation is 1. The number of benzene rings is 2. The van der Waals surface area contributed by atoms with Gasteiger partial charge in [-0.1, -0.05) is 19.9 Å². The maximum absolute atomic E-state index is 12.4. The van der Waals surface area contributed by atoms with Gasteiger partial charge in [-0.3, -0.25) is 9.35 Å². The Kier molecular flexibility index (Phi) is 5.81. The molecule has 2 aromatic carbocycles. The molecular weight excluding hydrogens is 450 g/mol. The Balaban J connectivity index is 1.84. The standard InChI is InChI=1S/C27H33NO5S/c1-16-12-21-25(23(13-16)34(31,32)33)18-14-20-22(15-19(18)27(21,5)6)28(17(2)26(20,3)4)11-9-7-8-10-24(29)30/h12-15H,7-11H2,1-6H3,(H-,29,30,31,32,33)/p+1. The van der Waals surface area contributed by atoms with E-state index >= 15 is 0 Å². The molecule has 0 unspecified atom stereocenters. The van der Waals surface area contributed by atoms with Crippen LogP contribution in [0.5, 0.6) is 0 Å². The molecule has 1 aliphatic heterocycles. The predicted octanol–water partition coefficient (Wildman–Crippen LogP) is 5.59. The Bertz CT molecular complexity index is 1350. The van der Waals surface area contributed by atoms with Gasteiger partial charge in [0, 0.05) is 42.4 Å². The molecule has 34 heavy (non-hydrogen) atoms. The number of carboxylic acid groups (broad SMARTS) is 1. The highest BCUT2D eigenvalue weighted by Crippen LogP contribution is 2.55. The summed E-state index contributed by atoms with van der Waals surface area (Å²) in [6, 6.07) is 7.90. The Morgan fingerprint density at radius 1 is 0.912 bits per heavy atom. The summed E-state index contributed by atoms with van der Waals surface area (Å²) >= 11 is 0. The van der Waals surface area contributed by atoms with Crippen LogP contribution in [0.25, 0.3) is 11.1 Å². The molecule has 0 fully saturated rings. The molecule has 0 radical (unpaired) electrons. The highest BCUT2D eigenvalue weighted by Gasteiger charge is 2.47. The second kappa shape index (κ2) is 8.02. The maximum Gasteiger partial charge on any atom is 0.303 e. The van der Waals surface area contributed by atoms with Crippen molar-refractivity contribution in [2.45, 2.75) is 83.0 Å². The number of hydrogen-bond donors (Lipinski definition) is 2. The third kappa shape index (κ3) is 3.79. The van der Waals surface area contributed by atoms with Crippen molar-refractivity contribution in [1.82, 2.24) is 0 Å². The molecule has 0 atom stereocenters. The van der Waals surface area contributed by atoms with Crippen LogP contribution < -0.4 is 0 Å². The number of fused-ring (bicyclic) bond motifs is 4. The first kappa shape index (κ1) is 24.6. The van der Waals surface area contributed by atoms with Gasteiger partial charge in [0.1, 0.15) is 11.4 Å². The summed E-state index contributed by atoms with van der Waals surface area (Å²) in [5.41, 5.74) is 7.09. The topological polar surface area (TPSA) is 94.7 Å². The lowest BCUT2D eigenvalue weighted by molar-refractivity contribution is -0.439. The van der Waals surface area contributed by atoms with Crippen LogP contribution in [0, 0.1) is 6.92 Å². The Labute approximate surface area is 202 Å². The first-order valence-electron chi connectivity index (χ1n) is 11.8. The fraction of sp³-hybridized carbons (Fsp3) is 0.481. The summed E-state index contributed by atoms with van der Waals surface area (Å²) in [5, 5.41) is 8.90. The molecule has 1 aliphatic carbocycles. The van der Waals surface area contributed by atoms with Crippen molar-refractivity contribution in [2.75, 3.05) is 6.54 Å². The molecule has 2 N–H and O–H groups in total. The molecule has 4 rings (SSSR count). The zero-order valence-corrected chi connectivity index (χ0v) is 21.6. The van der Waals surface area contributed by atoms with Crippen LogP contribution in [0.4, 0.5) is 5.69 Å². The summed E-state index contributed by atoms with van der Waals surface area (Å²) in [6.45, 7) is 13.4. The quantitative estimate of drug-likeness (QED) is 0.303. The van der Waals surface area contributed by atoms with E-state index in [4.69, 9.17) is 5.11 Å². The Morgan fingerprint density at radius 3 is 2.21 bits per heavy atom. The van der Waals surface area contributed by atoms with Crippen LogP contribution in [0.2, 0.25) is 0 Å². The highest BCUT2D eigenvalue weighted by molar-refractivity contribution is 7.86. The highest BCUT2D eigenvalue weighted by atomic mass is 32.2. The van der Waals surface area contributed by atoms with E-state index in [0.29, 0.717) is 12.0 Å². The van der Waals surface area contributed by atoms with Gasteiger partial charge in [-0.05, 0) is 68.0 Å². The molecule has 0 saturated carbocycles. The van der Waals surface area contributed by atoms with Gasteiger partial charge in [-0.15, -0.1) is 0 Å².